The molecule has 0 saturated heterocycles. The van der Waals surface area contributed by atoms with Crippen LogP contribution in [0.5, 0.6) is 11.5 Å². The van der Waals surface area contributed by atoms with E-state index < -0.39 is 53.6 Å². The van der Waals surface area contributed by atoms with E-state index >= 15 is 0 Å². The number of ether oxygens (including phenoxy) is 2. The number of halogens is 5. The topological polar surface area (TPSA) is 114 Å². The zero-order valence-corrected chi connectivity index (χ0v) is 23.2. The summed E-state index contributed by atoms with van der Waals surface area (Å²) < 4.78 is 83.4. The molecule has 0 bridgehead atoms. The first-order chi connectivity index (χ1) is 20.8. The Morgan fingerprint density at radius 1 is 1.14 bits per heavy atom. The number of amides is 1. The van der Waals surface area contributed by atoms with Gasteiger partial charge in [0, 0.05) is 28.3 Å². The molecule has 1 amide bonds. The molecular weight excluding hydrogens is 589 g/mol. The molecule has 230 valence electrons. The summed E-state index contributed by atoms with van der Waals surface area (Å²) in [5.41, 5.74) is -5.75. The van der Waals surface area contributed by atoms with Crippen LogP contribution < -0.4 is 14.8 Å². The molecule has 3 heterocycles. The molecule has 2 aliphatic rings. The van der Waals surface area contributed by atoms with Gasteiger partial charge in [-0.3, -0.25) is 9.78 Å². The van der Waals surface area contributed by atoms with E-state index in [1.165, 1.54) is 19.1 Å². The SMILES string of the molecule is C[C@]1(CO)COc2c1cc(C(O)(CNC(=O)c1cc(OC3CC3)c3ncccc3c1)C(F)(F)F)nc2-c1ccc(F)c(F)c1. The molecule has 1 saturated carbocycles. The van der Waals surface area contributed by atoms with Crippen molar-refractivity contribution >= 4 is 16.8 Å². The molecule has 3 N–H and O–H groups in total. The van der Waals surface area contributed by atoms with Gasteiger partial charge in [-0.2, -0.15) is 13.2 Å². The number of benzene rings is 2. The first-order valence-electron chi connectivity index (χ1n) is 13.7. The van der Waals surface area contributed by atoms with E-state index in [1.54, 1.807) is 18.3 Å². The predicted octanol–water partition coefficient (Wildman–Crippen LogP) is 4.94. The molecule has 1 aliphatic carbocycles. The quantitative estimate of drug-likeness (QED) is 0.241. The smallest absolute Gasteiger partial charge is 0.424 e. The number of carbonyl (C=O) groups is 1. The average Bonchev–Trinajstić information content (AvgIpc) is 3.76. The predicted molar refractivity (Wildman–Crippen MR) is 147 cm³/mol. The Bertz CT molecular complexity index is 1780. The molecule has 4 aromatic rings. The van der Waals surface area contributed by atoms with Gasteiger partial charge in [0.25, 0.3) is 5.91 Å². The van der Waals surface area contributed by atoms with Gasteiger partial charge in [-0.25, -0.2) is 13.8 Å². The number of rotatable bonds is 8. The maximum absolute atomic E-state index is 14.7. The Hall–Kier alpha value is -4.36. The average molecular weight is 616 g/mol. The van der Waals surface area contributed by atoms with Crippen LogP contribution >= 0.6 is 0 Å². The number of pyridine rings is 2. The van der Waals surface area contributed by atoms with E-state index in [4.69, 9.17) is 9.47 Å². The number of carbonyl (C=O) groups excluding carboxylic acids is 1. The number of nitrogens with one attached hydrogen (secondary N) is 1. The fourth-order valence-electron chi connectivity index (χ4n) is 5.01. The Kier molecular flexibility index (Phi) is 7.20. The molecule has 13 heteroatoms. The van der Waals surface area contributed by atoms with E-state index in [1.807, 2.05) is 0 Å². The summed E-state index contributed by atoms with van der Waals surface area (Å²) in [7, 11) is 0. The molecule has 6 rings (SSSR count). The number of aliphatic hydroxyl groups is 2. The molecule has 2 aromatic carbocycles. The molecule has 0 spiro atoms. The first kappa shape index (κ1) is 29.7. The van der Waals surface area contributed by atoms with Crippen molar-refractivity contribution in [2.45, 2.75) is 43.1 Å². The lowest BCUT2D eigenvalue weighted by atomic mass is 9.83. The van der Waals surface area contributed by atoms with Gasteiger partial charge in [0.05, 0.1) is 30.4 Å². The van der Waals surface area contributed by atoms with Crippen LogP contribution in [0.3, 0.4) is 0 Å². The Morgan fingerprint density at radius 2 is 1.91 bits per heavy atom. The molecule has 2 aromatic heterocycles. The summed E-state index contributed by atoms with van der Waals surface area (Å²) in [6, 6.07) is 9.72. The van der Waals surface area contributed by atoms with Gasteiger partial charge in [-0.15, -0.1) is 0 Å². The van der Waals surface area contributed by atoms with Crippen molar-refractivity contribution in [3.63, 3.8) is 0 Å². The fraction of sp³-hybridized carbons (Fsp3) is 0.323. The van der Waals surface area contributed by atoms with Gasteiger partial charge in [-0.1, -0.05) is 6.07 Å². The number of aliphatic hydroxyl groups excluding tert-OH is 1. The third-order valence-electron chi connectivity index (χ3n) is 7.85. The highest BCUT2D eigenvalue weighted by Crippen LogP contribution is 2.47. The maximum Gasteiger partial charge on any atom is 0.424 e. The number of alkyl halides is 3. The lowest BCUT2D eigenvalue weighted by molar-refractivity contribution is -0.265. The molecule has 8 nitrogen and oxygen atoms in total. The summed E-state index contributed by atoms with van der Waals surface area (Å²) in [5.74, 6) is -3.13. The summed E-state index contributed by atoms with van der Waals surface area (Å²) in [4.78, 5) is 21.5. The minimum atomic E-state index is -5.37. The van der Waals surface area contributed by atoms with E-state index in [9.17, 15) is 37.0 Å². The minimum absolute atomic E-state index is 0.0173. The fourth-order valence-corrected chi connectivity index (χ4v) is 5.01. The lowest BCUT2D eigenvalue weighted by Crippen LogP contribution is -2.51. The molecular formula is C31H26F5N3O5. The highest BCUT2D eigenvalue weighted by Gasteiger charge is 2.57. The third-order valence-corrected chi connectivity index (χ3v) is 7.85. The number of aromatic nitrogens is 2. The second-order valence-corrected chi connectivity index (χ2v) is 11.3. The van der Waals surface area contributed by atoms with Crippen LogP contribution in [0.4, 0.5) is 22.0 Å². The summed E-state index contributed by atoms with van der Waals surface area (Å²) in [6.45, 7) is -0.505. The third kappa shape index (κ3) is 5.19. The van der Waals surface area contributed by atoms with Crippen molar-refractivity contribution in [3.8, 4) is 22.8 Å². The molecule has 2 atom stereocenters. The van der Waals surface area contributed by atoms with E-state index in [-0.39, 0.29) is 40.8 Å². The van der Waals surface area contributed by atoms with Crippen LogP contribution in [-0.2, 0) is 11.0 Å². The highest BCUT2D eigenvalue weighted by molar-refractivity contribution is 6.00. The highest BCUT2D eigenvalue weighted by atomic mass is 19.4. The van der Waals surface area contributed by atoms with E-state index in [2.05, 4.69) is 15.3 Å². The van der Waals surface area contributed by atoms with Crippen molar-refractivity contribution in [2.24, 2.45) is 0 Å². The monoisotopic (exact) mass is 615 g/mol. The van der Waals surface area contributed by atoms with Crippen molar-refractivity contribution in [3.05, 3.63) is 83.2 Å². The molecule has 1 aliphatic heterocycles. The lowest BCUT2D eigenvalue weighted by Gasteiger charge is -2.31. The molecule has 44 heavy (non-hydrogen) atoms. The minimum Gasteiger partial charge on any atom is -0.490 e. The van der Waals surface area contributed by atoms with Gasteiger partial charge in [-0.05, 0) is 62.2 Å². The standard InChI is InChI=1S/C31H26F5N3O5/c1-29(14-40)15-43-27-20(29)12-24(39-26(27)17-4-7-21(32)22(33)10-17)30(42,31(34,35)36)13-38-28(41)18-9-16-3-2-8-37-25(16)23(11-18)44-19-5-6-19/h2-4,7-12,19,40,42H,5-6,13-15H2,1H3,(H,38,41)/t29-,30?/m0/s1. The second-order valence-electron chi connectivity index (χ2n) is 11.3. The summed E-state index contributed by atoms with van der Waals surface area (Å²) in [6.07, 6.45) is -2.21. The van der Waals surface area contributed by atoms with Gasteiger partial charge in [0.2, 0.25) is 5.60 Å². The largest absolute Gasteiger partial charge is 0.490 e. The number of fused-ring (bicyclic) bond motifs is 2. The van der Waals surface area contributed by atoms with E-state index in [0.29, 0.717) is 16.7 Å². The normalized spacial score (nSPS) is 19.3. The molecule has 0 radical (unpaired) electrons. The van der Waals surface area contributed by atoms with Crippen LogP contribution in [0.15, 0.2) is 54.7 Å². The van der Waals surface area contributed by atoms with Crippen LogP contribution in [0, 0.1) is 11.6 Å². The zero-order valence-electron chi connectivity index (χ0n) is 23.2. The Morgan fingerprint density at radius 3 is 2.59 bits per heavy atom. The summed E-state index contributed by atoms with van der Waals surface area (Å²) >= 11 is 0. The Balaban J connectivity index is 1.40. The molecule has 1 fully saturated rings. The maximum atomic E-state index is 14.7. The molecule has 1 unspecified atom stereocenters. The van der Waals surface area contributed by atoms with Crippen LogP contribution in [0.25, 0.3) is 22.2 Å². The first-order valence-corrected chi connectivity index (χ1v) is 13.7. The van der Waals surface area contributed by atoms with Gasteiger partial charge >= 0.3 is 6.18 Å². The van der Waals surface area contributed by atoms with Crippen molar-refractivity contribution in [2.75, 3.05) is 19.8 Å². The van der Waals surface area contributed by atoms with Crippen molar-refractivity contribution in [1.82, 2.24) is 15.3 Å². The number of hydrogen-bond donors (Lipinski definition) is 3. The second kappa shape index (κ2) is 10.7. The number of hydrogen-bond acceptors (Lipinski definition) is 7. The van der Waals surface area contributed by atoms with Crippen molar-refractivity contribution < 1.29 is 46.4 Å². The van der Waals surface area contributed by atoms with Gasteiger partial charge < -0.3 is 25.0 Å². The number of nitrogens with zero attached hydrogens (tertiary/aromatic N) is 2. The van der Waals surface area contributed by atoms with Gasteiger partial charge in [0.1, 0.15) is 29.3 Å². The van der Waals surface area contributed by atoms with Crippen LogP contribution in [-0.4, -0.2) is 58.1 Å². The van der Waals surface area contributed by atoms with Crippen LogP contribution in [0.1, 0.15) is 41.4 Å². The van der Waals surface area contributed by atoms with Crippen LogP contribution in [0.2, 0.25) is 0 Å². The Labute approximate surface area is 247 Å². The summed E-state index contributed by atoms with van der Waals surface area (Å²) in [5, 5.41) is 24.0. The van der Waals surface area contributed by atoms with E-state index in [0.717, 1.165) is 37.1 Å². The van der Waals surface area contributed by atoms with Gasteiger partial charge in [0.15, 0.2) is 11.6 Å². The van der Waals surface area contributed by atoms with Crippen molar-refractivity contribution in [1.29, 1.82) is 0 Å². The zero-order chi connectivity index (χ0) is 31.4.